The van der Waals surface area contributed by atoms with Crippen molar-refractivity contribution in [3.8, 4) is 0 Å². The Hall–Kier alpha value is -1.79. The summed E-state index contributed by atoms with van der Waals surface area (Å²) in [6, 6.07) is 4.13. The van der Waals surface area contributed by atoms with Gasteiger partial charge in [0.2, 0.25) is 0 Å². The molecule has 3 heterocycles. The molecule has 0 saturated carbocycles. The van der Waals surface area contributed by atoms with E-state index in [9.17, 15) is 5.11 Å². The quantitative estimate of drug-likeness (QED) is 0.860. The Morgan fingerprint density at radius 3 is 2.80 bits per heavy atom. The lowest BCUT2D eigenvalue weighted by Crippen LogP contribution is -2.23. The minimum atomic E-state index is -0.363. The van der Waals surface area contributed by atoms with E-state index in [2.05, 4.69) is 32.3 Å². The van der Waals surface area contributed by atoms with E-state index in [1.165, 1.54) is 5.56 Å². The third kappa shape index (κ3) is 3.02. The molecule has 0 aromatic carbocycles. The Kier molecular flexibility index (Phi) is 4.03. The maximum atomic E-state index is 10.1. The molecule has 1 aliphatic heterocycles. The van der Waals surface area contributed by atoms with Crippen molar-refractivity contribution in [1.29, 1.82) is 0 Å². The SMILES string of the molecule is O[C@@H]1CN(CCCc2ccncc2)C[C@H]1n1ccnn1. The Bertz CT molecular complexity index is 516. The van der Waals surface area contributed by atoms with Crippen LogP contribution in [0.3, 0.4) is 0 Å². The molecule has 1 N–H and O–H groups in total. The van der Waals surface area contributed by atoms with Crippen LogP contribution < -0.4 is 0 Å². The largest absolute Gasteiger partial charge is 0.390 e. The van der Waals surface area contributed by atoms with Crippen LogP contribution in [0.5, 0.6) is 0 Å². The summed E-state index contributed by atoms with van der Waals surface area (Å²) in [5.74, 6) is 0. The molecule has 0 spiro atoms. The second-order valence-corrected chi connectivity index (χ2v) is 5.24. The van der Waals surface area contributed by atoms with Gasteiger partial charge in [0.25, 0.3) is 0 Å². The third-order valence-corrected chi connectivity index (χ3v) is 3.80. The van der Waals surface area contributed by atoms with Crippen LogP contribution in [-0.4, -0.2) is 55.7 Å². The van der Waals surface area contributed by atoms with Crippen LogP contribution in [-0.2, 0) is 6.42 Å². The molecular weight excluding hydrogens is 254 g/mol. The number of β-amino-alcohol motifs (C(OH)–C–C–N with tert-alkyl or cyclic N) is 1. The number of aromatic nitrogens is 4. The zero-order valence-electron chi connectivity index (χ0n) is 11.3. The molecule has 1 fully saturated rings. The minimum absolute atomic E-state index is 0.0263. The molecule has 2 aromatic rings. The van der Waals surface area contributed by atoms with E-state index in [4.69, 9.17) is 0 Å². The fraction of sp³-hybridized carbons (Fsp3) is 0.500. The molecule has 2 aromatic heterocycles. The number of aryl methyl sites for hydroxylation is 1. The van der Waals surface area contributed by atoms with E-state index in [1.807, 2.05) is 18.6 Å². The molecule has 6 nitrogen and oxygen atoms in total. The highest BCUT2D eigenvalue weighted by molar-refractivity contribution is 5.09. The lowest BCUT2D eigenvalue weighted by molar-refractivity contribution is 0.138. The number of hydrogen-bond donors (Lipinski definition) is 1. The molecule has 0 unspecified atom stereocenters. The number of nitrogens with zero attached hydrogens (tertiary/aromatic N) is 5. The fourth-order valence-electron chi connectivity index (χ4n) is 2.74. The van der Waals surface area contributed by atoms with Crippen molar-refractivity contribution < 1.29 is 5.11 Å². The van der Waals surface area contributed by atoms with Gasteiger partial charge >= 0.3 is 0 Å². The first-order valence-electron chi connectivity index (χ1n) is 6.98. The lowest BCUT2D eigenvalue weighted by Gasteiger charge is -2.15. The molecule has 6 heteroatoms. The zero-order valence-corrected chi connectivity index (χ0v) is 11.3. The van der Waals surface area contributed by atoms with Crippen molar-refractivity contribution in [1.82, 2.24) is 24.9 Å². The van der Waals surface area contributed by atoms with Crippen molar-refractivity contribution in [2.24, 2.45) is 0 Å². The first-order valence-corrected chi connectivity index (χ1v) is 6.98. The van der Waals surface area contributed by atoms with Crippen LogP contribution in [0.1, 0.15) is 18.0 Å². The van der Waals surface area contributed by atoms with Crippen molar-refractivity contribution in [2.45, 2.75) is 25.0 Å². The standard InChI is InChI=1S/C14H19N5O/c20-14-11-18(10-13(14)19-9-7-16-17-19)8-1-2-12-3-5-15-6-4-12/h3-7,9,13-14,20H,1-2,8,10-11H2/t13-,14-/m1/s1. The van der Waals surface area contributed by atoms with Crippen LogP contribution in [0, 0.1) is 0 Å². The summed E-state index contributed by atoms with van der Waals surface area (Å²) in [5.41, 5.74) is 1.31. The molecule has 3 rings (SSSR count). The summed E-state index contributed by atoms with van der Waals surface area (Å²) in [4.78, 5) is 6.31. The molecule has 20 heavy (non-hydrogen) atoms. The first-order chi connectivity index (χ1) is 9.83. The van der Waals surface area contributed by atoms with E-state index in [0.29, 0.717) is 6.54 Å². The van der Waals surface area contributed by atoms with Gasteiger partial charge in [0.15, 0.2) is 0 Å². The first kappa shape index (κ1) is 13.2. The minimum Gasteiger partial charge on any atom is -0.390 e. The molecule has 106 valence electrons. The highest BCUT2D eigenvalue weighted by atomic mass is 16.3. The molecule has 2 atom stereocenters. The molecule has 0 aliphatic carbocycles. The van der Waals surface area contributed by atoms with Crippen molar-refractivity contribution in [3.05, 3.63) is 42.5 Å². The van der Waals surface area contributed by atoms with E-state index in [0.717, 1.165) is 25.9 Å². The number of hydrogen-bond acceptors (Lipinski definition) is 5. The van der Waals surface area contributed by atoms with Crippen LogP contribution in [0.15, 0.2) is 36.9 Å². The van der Waals surface area contributed by atoms with Gasteiger partial charge in [0.1, 0.15) is 0 Å². The summed E-state index contributed by atoms with van der Waals surface area (Å²) in [7, 11) is 0. The van der Waals surface area contributed by atoms with Crippen LogP contribution >= 0.6 is 0 Å². The van der Waals surface area contributed by atoms with Crippen LogP contribution in [0.25, 0.3) is 0 Å². The van der Waals surface area contributed by atoms with E-state index < -0.39 is 0 Å². The van der Waals surface area contributed by atoms with E-state index in [-0.39, 0.29) is 12.1 Å². The Balaban J connectivity index is 1.48. The highest BCUT2D eigenvalue weighted by Crippen LogP contribution is 2.21. The molecule has 1 saturated heterocycles. The number of rotatable bonds is 5. The van der Waals surface area contributed by atoms with Gasteiger partial charge in [-0.25, -0.2) is 4.68 Å². The highest BCUT2D eigenvalue weighted by Gasteiger charge is 2.32. The van der Waals surface area contributed by atoms with Crippen molar-refractivity contribution in [2.75, 3.05) is 19.6 Å². The number of aliphatic hydroxyl groups excluding tert-OH is 1. The Morgan fingerprint density at radius 2 is 2.05 bits per heavy atom. The van der Waals surface area contributed by atoms with Gasteiger partial charge in [-0.15, -0.1) is 5.10 Å². The molecule has 0 amide bonds. The smallest absolute Gasteiger partial charge is 0.0934 e. The summed E-state index contributed by atoms with van der Waals surface area (Å²) in [6.45, 7) is 2.53. The zero-order chi connectivity index (χ0) is 13.8. The molecule has 0 bridgehead atoms. The van der Waals surface area contributed by atoms with Crippen molar-refractivity contribution >= 4 is 0 Å². The van der Waals surface area contributed by atoms with Crippen LogP contribution in [0.2, 0.25) is 0 Å². The van der Waals surface area contributed by atoms with E-state index >= 15 is 0 Å². The monoisotopic (exact) mass is 273 g/mol. The lowest BCUT2D eigenvalue weighted by atomic mass is 10.1. The molecular formula is C14H19N5O. The normalized spacial score (nSPS) is 23.2. The topological polar surface area (TPSA) is 67.1 Å². The van der Waals surface area contributed by atoms with E-state index in [1.54, 1.807) is 10.9 Å². The number of aliphatic hydroxyl groups is 1. The van der Waals surface area contributed by atoms with Crippen molar-refractivity contribution in [3.63, 3.8) is 0 Å². The Morgan fingerprint density at radius 1 is 1.20 bits per heavy atom. The summed E-state index contributed by atoms with van der Waals surface area (Å²) in [5, 5.41) is 17.9. The maximum Gasteiger partial charge on any atom is 0.0934 e. The summed E-state index contributed by atoms with van der Waals surface area (Å²) >= 11 is 0. The maximum absolute atomic E-state index is 10.1. The summed E-state index contributed by atoms with van der Waals surface area (Å²) in [6.07, 6.45) is 8.89. The number of likely N-dealkylation sites (tertiary alicyclic amines) is 1. The van der Waals surface area contributed by atoms with Gasteiger partial charge in [-0.05, 0) is 37.1 Å². The van der Waals surface area contributed by atoms with Gasteiger partial charge in [-0.1, -0.05) is 5.21 Å². The average Bonchev–Trinajstić information content (AvgIpc) is 3.09. The fourth-order valence-corrected chi connectivity index (χ4v) is 2.74. The molecule has 1 aliphatic rings. The second-order valence-electron chi connectivity index (χ2n) is 5.24. The van der Waals surface area contributed by atoms with Gasteiger partial charge in [-0.2, -0.15) is 0 Å². The average molecular weight is 273 g/mol. The van der Waals surface area contributed by atoms with Gasteiger partial charge in [0.05, 0.1) is 18.3 Å². The predicted molar refractivity (Wildman–Crippen MR) is 74.1 cm³/mol. The van der Waals surface area contributed by atoms with Gasteiger partial charge < -0.3 is 5.11 Å². The summed E-state index contributed by atoms with van der Waals surface area (Å²) < 4.78 is 1.76. The van der Waals surface area contributed by atoms with Crippen LogP contribution in [0.4, 0.5) is 0 Å². The second kappa shape index (κ2) is 6.11. The van der Waals surface area contributed by atoms with Gasteiger partial charge in [-0.3, -0.25) is 9.88 Å². The number of pyridine rings is 1. The predicted octanol–water partition coefficient (Wildman–Crippen LogP) is 0.523. The van der Waals surface area contributed by atoms with Gasteiger partial charge in [0, 0.05) is 31.7 Å². The third-order valence-electron chi connectivity index (χ3n) is 3.80. The molecule has 0 radical (unpaired) electrons. The Labute approximate surface area is 118 Å².